The van der Waals surface area contributed by atoms with Gasteiger partial charge in [0.2, 0.25) is 0 Å². The largest absolute Gasteiger partial charge is 0.489 e. The highest BCUT2D eigenvalue weighted by Gasteiger charge is 2.37. The van der Waals surface area contributed by atoms with E-state index in [-0.39, 0.29) is 24.5 Å². The molecular formula is C31H20BrCl3N2O5. The lowest BCUT2D eigenvalue weighted by Crippen LogP contribution is -2.54. The zero-order valence-corrected chi connectivity index (χ0v) is 25.4. The summed E-state index contributed by atoms with van der Waals surface area (Å²) in [6.07, 6.45) is 1.40. The number of halogens is 4. The topological polar surface area (TPSA) is 84.9 Å². The zero-order chi connectivity index (χ0) is 29.8. The molecule has 4 aromatic carbocycles. The van der Waals surface area contributed by atoms with Crippen molar-refractivity contribution in [3.8, 4) is 11.5 Å². The third kappa shape index (κ3) is 6.97. The number of nitrogens with zero attached hydrogens (tertiary/aromatic N) is 1. The van der Waals surface area contributed by atoms with Crippen molar-refractivity contribution >= 4 is 80.3 Å². The van der Waals surface area contributed by atoms with E-state index < -0.39 is 17.8 Å². The SMILES string of the molecule is O=C1NC(=O)N(c2ccc(OCc3ccc(Cl)cc3Cl)cc2)C(=O)/C1=C/c1cc(Br)ccc1OCc1ccc(Cl)cc1. The molecule has 5 rings (SSSR count). The van der Waals surface area contributed by atoms with Crippen LogP contribution in [0.1, 0.15) is 16.7 Å². The Labute approximate surface area is 264 Å². The van der Waals surface area contributed by atoms with Crippen LogP contribution in [0.4, 0.5) is 10.5 Å². The van der Waals surface area contributed by atoms with Gasteiger partial charge >= 0.3 is 6.03 Å². The number of hydrogen-bond acceptors (Lipinski definition) is 5. The molecule has 4 aromatic rings. The Morgan fingerprint density at radius 2 is 1.50 bits per heavy atom. The molecule has 1 saturated heterocycles. The van der Waals surface area contributed by atoms with Gasteiger partial charge in [0.25, 0.3) is 11.8 Å². The van der Waals surface area contributed by atoms with Gasteiger partial charge in [0.05, 0.1) is 5.69 Å². The molecule has 0 aliphatic carbocycles. The van der Waals surface area contributed by atoms with Crippen molar-refractivity contribution in [3.63, 3.8) is 0 Å². The van der Waals surface area contributed by atoms with Crippen molar-refractivity contribution in [1.29, 1.82) is 0 Å². The second-order valence-corrected chi connectivity index (χ2v) is 11.3. The maximum atomic E-state index is 13.5. The molecule has 0 atom stereocenters. The van der Waals surface area contributed by atoms with Crippen molar-refractivity contribution in [2.45, 2.75) is 13.2 Å². The third-order valence-electron chi connectivity index (χ3n) is 6.19. The lowest BCUT2D eigenvalue weighted by atomic mass is 10.1. The van der Waals surface area contributed by atoms with Gasteiger partial charge in [0.15, 0.2) is 0 Å². The Bertz CT molecular complexity index is 1710. The van der Waals surface area contributed by atoms with E-state index in [4.69, 9.17) is 44.3 Å². The van der Waals surface area contributed by atoms with Gasteiger partial charge in [-0.1, -0.05) is 68.9 Å². The first-order valence-corrected chi connectivity index (χ1v) is 14.4. The highest BCUT2D eigenvalue weighted by molar-refractivity contribution is 9.10. The summed E-state index contributed by atoms with van der Waals surface area (Å²) in [5, 5.41) is 3.84. The molecule has 4 amide bonds. The molecule has 0 bridgehead atoms. The van der Waals surface area contributed by atoms with Crippen LogP contribution in [0.15, 0.2) is 95.0 Å². The minimum Gasteiger partial charge on any atom is -0.489 e. The summed E-state index contributed by atoms with van der Waals surface area (Å²) in [7, 11) is 0. The first-order valence-electron chi connectivity index (χ1n) is 12.4. The van der Waals surface area contributed by atoms with Crippen molar-refractivity contribution in [2.24, 2.45) is 0 Å². The van der Waals surface area contributed by atoms with Crippen molar-refractivity contribution < 1.29 is 23.9 Å². The fourth-order valence-corrected chi connectivity index (χ4v) is 5.01. The molecule has 0 spiro atoms. The number of hydrogen-bond donors (Lipinski definition) is 1. The van der Waals surface area contributed by atoms with Gasteiger partial charge in [0, 0.05) is 30.7 Å². The molecule has 0 aromatic heterocycles. The average Bonchev–Trinajstić information content (AvgIpc) is 2.96. The smallest absolute Gasteiger partial charge is 0.335 e. The maximum absolute atomic E-state index is 13.5. The maximum Gasteiger partial charge on any atom is 0.335 e. The van der Waals surface area contributed by atoms with Crippen LogP contribution in [0, 0.1) is 0 Å². The van der Waals surface area contributed by atoms with Crippen molar-refractivity contribution in [3.05, 3.63) is 127 Å². The van der Waals surface area contributed by atoms with Gasteiger partial charge in [-0.25, -0.2) is 9.69 Å². The molecule has 0 saturated carbocycles. The van der Waals surface area contributed by atoms with Gasteiger partial charge < -0.3 is 9.47 Å². The summed E-state index contributed by atoms with van der Waals surface area (Å²) in [6.45, 7) is 0.424. The quantitative estimate of drug-likeness (QED) is 0.149. The molecule has 1 aliphatic heterocycles. The summed E-state index contributed by atoms with van der Waals surface area (Å²) in [4.78, 5) is 39.9. The number of ether oxygens (including phenoxy) is 2. The Morgan fingerprint density at radius 3 is 2.21 bits per heavy atom. The molecule has 1 N–H and O–H groups in total. The van der Waals surface area contributed by atoms with E-state index in [0.29, 0.717) is 36.6 Å². The lowest BCUT2D eigenvalue weighted by molar-refractivity contribution is -0.122. The Kier molecular flexibility index (Phi) is 9.18. The van der Waals surface area contributed by atoms with Crippen molar-refractivity contribution in [1.82, 2.24) is 5.32 Å². The summed E-state index contributed by atoms with van der Waals surface area (Å²) in [5.74, 6) is -0.677. The molecular weight excluding hydrogens is 667 g/mol. The highest BCUT2D eigenvalue weighted by atomic mass is 79.9. The minimum atomic E-state index is -0.864. The first-order chi connectivity index (χ1) is 20.2. The Morgan fingerprint density at radius 1 is 0.786 bits per heavy atom. The van der Waals surface area contributed by atoms with Gasteiger partial charge in [-0.3, -0.25) is 14.9 Å². The zero-order valence-electron chi connectivity index (χ0n) is 21.6. The van der Waals surface area contributed by atoms with Gasteiger partial charge in [-0.15, -0.1) is 0 Å². The summed E-state index contributed by atoms with van der Waals surface area (Å²) < 4.78 is 12.5. The van der Waals surface area contributed by atoms with E-state index in [2.05, 4.69) is 21.2 Å². The van der Waals surface area contributed by atoms with E-state index in [1.807, 2.05) is 12.1 Å². The molecule has 42 heavy (non-hydrogen) atoms. The molecule has 11 heteroatoms. The molecule has 0 radical (unpaired) electrons. The standard InChI is InChI=1S/C31H20BrCl3N2O5/c32-21-4-12-28(42-16-18-1-5-22(33)6-2-18)20(13-21)14-26-29(38)36-31(40)37(30(26)39)24-8-10-25(11-9-24)41-17-19-3-7-23(34)15-27(19)35/h1-15H,16-17H2,(H,36,38,40)/b26-14+. The van der Waals surface area contributed by atoms with E-state index in [9.17, 15) is 14.4 Å². The van der Waals surface area contributed by atoms with Crippen LogP contribution in [-0.2, 0) is 22.8 Å². The molecule has 7 nitrogen and oxygen atoms in total. The van der Waals surface area contributed by atoms with Crippen molar-refractivity contribution in [2.75, 3.05) is 4.90 Å². The van der Waals surface area contributed by atoms with E-state index in [0.717, 1.165) is 16.0 Å². The number of nitrogens with one attached hydrogen (secondary N) is 1. The van der Waals surface area contributed by atoms with Crippen LogP contribution in [-0.4, -0.2) is 17.8 Å². The molecule has 0 unspecified atom stereocenters. The van der Waals surface area contributed by atoms with E-state index >= 15 is 0 Å². The number of rotatable bonds is 8. The number of amides is 4. The number of barbiturate groups is 1. The van der Waals surface area contributed by atoms with Crippen LogP contribution in [0.25, 0.3) is 6.08 Å². The lowest BCUT2D eigenvalue weighted by Gasteiger charge is -2.26. The number of carbonyl (C=O) groups excluding carboxylic acids is 3. The number of urea groups is 1. The van der Waals surface area contributed by atoms with Crippen LogP contribution >= 0.6 is 50.7 Å². The number of imide groups is 2. The molecule has 1 heterocycles. The van der Waals surface area contributed by atoms with Crippen LogP contribution in [0.2, 0.25) is 15.1 Å². The monoisotopic (exact) mass is 684 g/mol. The van der Waals surface area contributed by atoms with Crippen LogP contribution in [0.3, 0.4) is 0 Å². The molecule has 212 valence electrons. The summed E-state index contributed by atoms with van der Waals surface area (Å²) in [5.41, 5.74) is 2.11. The predicted molar refractivity (Wildman–Crippen MR) is 166 cm³/mol. The Balaban J connectivity index is 1.35. The van der Waals surface area contributed by atoms with Crippen LogP contribution in [0.5, 0.6) is 11.5 Å². The molecule has 1 fully saturated rings. The second kappa shape index (κ2) is 13.0. The first kappa shape index (κ1) is 29.7. The average molecular weight is 687 g/mol. The van der Waals surface area contributed by atoms with Gasteiger partial charge in [-0.2, -0.15) is 0 Å². The fourth-order valence-electron chi connectivity index (χ4n) is 4.04. The highest BCUT2D eigenvalue weighted by Crippen LogP contribution is 2.30. The Hall–Kier alpha value is -3.82. The summed E-state index contributed by atoms with van der Waals surface area (Å²) in [6, 6.07) is 22.9. The number of benzene rings is 4. The van der Waals surface area contributed by atoms with Gasteiger partial charge in [0.1, 0.15) is 30.3 Å². The fraction of sp³-hybridized carbons (Fsp3) is 0.0645. The third-order valence-corrected chi connectivity index (χ3v) is 7.52. The van der Waals surface area contributed by atoms with Gasteiger partial charge in [-0.05, 0) is 78.4 Å². The normalized spacial score (nSPS) is 14.2. The minimum absolute atomic E-state index is 0.189. The molecule has 1 aliphatic rings. The van der Waals surface area contributed by atoms with Crippen LogP contribution < -0.4 is 19.7 Å². The summed E-state index contributed by atoms with van der Waals surface area (Å²) >= 11 is 21.5. The predicted octanol–water partition coefficient (Wildman–Crippen LogP) is 8.23. The van der Waals surface area contributed by atoms with E-state index in [1.165, 1.54) is 6.08 Å². The number of carbonyl (C=O) groups is 3. The number of anilines is 1. The van der Waals surface area contributed by atoms with E-state index in [1.54, 1.807) is 72.8 Å². The second-order valence-electron chi connectivity index (χ2n) is 9.07.